The Kier molecular flexibility index (Phi) is 6.82. The van der Waals surface area contributed by atoms with E-state index < -0.39 is 10.0 Å². The number of benzene rings is 1. The summed E-state index contributed by atoms with van der Waals surface area (Å²) in [7, 11) is -1.34. The van der Waals surface area contributed by atoms with Crippen molar-refractivity contribution in [1.82, 2.24) is 24.1 Å². The highest BCUT2D eigenvalue weighted by atomic mass is 32.2. The average molecular weight is 406 g/mol. The van der Waals surface area contributed by atoms with E-state index in [9.17, 15) is 13.2 Å². The summed E-state index contributed by atoms with van der Waals surface area (Å²) < 4.78 is 28.7. The van der Waals surface area contributed by atoms with Crippen molar-refractivity contribution in [2.24, 2.45) is 0 Å². The van der Waals surface area contributed by atoms with Crippen molar-refractivity contribution in [3.63, 3.8) is 0 Å². The molecule has 152 valence electrons. The highest BCUT2D eigenvalue weighted by molar-refractivity contribution is 7.88. The fourth-order valence-electron chi connectivity index (χ4n) is 3.11. The van der Waals surface area contributed by atoms with Gasteiger partial charge in [-0.05, 0) is 31.2 Å². The van der Waals surface area contributed by atoms with Gasteiger partial charge in [-0.1, -0.05) is 12.1 Å². The Morgan fingerprint density at radius 1 is 1.14 bits per heavy atom. The third kappa shape index (κ3) is 5.63. The third-order valence-electron chi connectivity index (χ3n) is 4.86. The zero-order valence-electron chi connectivity index (χ0n) is 16.1. The Morgan fingerprint density at radius 2 is 1.86 bits per heavy atom. The quantitative estimate of drug-likeness (QED) is 0.656. The van der Waals surface area contributed by atoms with Gasteiger partial charge in [0.05, 0.1) is 12.1 Å². The van der Waals surface area contributed by atoms with Gasteiger partial charge in [0.25, 0.3) is 5.91 Å². The lowest BCUT2D eigenvalue weighted by atomic mass is 10.1. The molecular formula is C19H27N5O3S. The maximum atomic E-state index is 12.6. The Labute approximate surface area is 166 Å². The molecule has 1 aliphatic heterocycles. The summed E-state index contributed by atoms with van der Waals surface area (Å²) in [5.41, 5.74) is 1.22. The number of carbonyl (C=O) groups is 1. The van der Waals surface area contributed by atoms with Gasteiger partial charge in [-0.3, -0.25) is 4.79 Å². The van der Waals surface area contributed by atoms with Gasteiger partial charge < -0.3 is 14.8 Å². The number of carbonyl (C=O) groups excluding carboxylic acids is 1. The van der Waals surface area contributed by atoms with E-state index in [0.29, 0.717) is 30.8 Å². The summed E-state index contributed by atoms with van der Waals surface area (Å²) >= 11 is 0. The molecule has 3 rings (SSSR count). The SMILES string of the molecule is CN1CCN(S(=O)(=O)Cc2ccc(C(=O)NCCCn3ccnc3)cc2)CC1. The number of piperazine rings is 1. The van der Waals surface area contributed by atoms with Gasteiger partial charge in [-0.25, -0.2) is 13.4 Å². The predicted octanol–water partition coefficient (Wildman–Crippen LogP) is 0.780. The molecule has 9 heteroatoms. The zero-order chi connectivity index (χ0) is 20.0. The van der Waals surface area contributed by atoms with Crippen molar-refractivity contribution in [3.05, 3.63) is 54.1 Å². The summed E-state index contributed by atoms with van der Waals surface area (Å²) in [5, 5.41) is 2.88. The second-order valence-electron chi connectivity index (χ2n) is 7.07. The van der Waals surface area contributed by atoms with Gasteiger partial charge in [-0.2, -0.15) is 4.31 Å². The van der Waals surface area contributed by atoms with Crippen molar-refractivity contribution in [1.29, 1.82) is 0 Å². The molecular weight excluding hydrogens is 378 g/mol. The molecule has 0 unspecified atom stereocenters. The Balaban J connectivity index is 1.47. The minimum Gasteiger partial charge on any atom is -0.352 e. The summed E-state index contributed by atoms with van der Waals surface area (Å²) in [6, 6.07) is 6.79. The standard InChI is InChI=1S/C19H27N5O3S/c1-22-11-13-24(14-12-22)28(26,27)15-17-3-5-18(6-4-17)19(25)21-7-2-9-23-10-8-20-16-23/h3-6,8,10,16H,2,7,9,11-15H2,1H3,(H,21,25). The van der Waals surface area contributed by atoms with Crippen molar-refractivity contribution in [2.45, 2.75) is 18.7 Å². The van der Waals surface area contributed by atoms with Gasteiger partial charge in [0.1, 0.15) is 0 Å². The van der Waals surface area contributed by atoms with E-state index >= 15 is 0 Å². The van der Waals surface area contributed by atoms with Crippen molar-refractivity contribution in [3.8, 4) is 0 Å². The third-order valence-corrected chi connectivity index (χ3v) is 6.71. The van der Waals surface area contributed by atoms with Crippen LogP contribution in [0.3, 0.4) is 0 Å². The molecule has 2 aromatic rings. The molecule has 1 saturated heterocycles. The van der Waals surface area contributed by atoms with E-state index in [0.717, 1.165) is 26.1 Å². The molecule has 28 heavy (non-hydrogen) atoms. The van der Waals surface area contributed by atoms with E-state index in [1.54, 1.807) is 41.1 Å². The van der Waals surface area contributed by atoms with Gasteiger partial charge in [0, 0.05) is 57.2 Å². The molecule has 1 aliphatic rings. The lowest BCUT2D eigenvalue weighted by Gasteiger charge is -2.31. The number of rotatable bonds is 8. The maximum Gasteiger partial charge on any atom is 0.251 e. The maximum absolute atomic E-state index is 12.6. The van der Waals surface area contributed by atoms with Crippen molar-refractivity contribution >= 4 is 15.9 Å². The molecule has 8 nitrogen and oxygen atoms in total. The molecule has 1 amide bonds. The van der Waals surface area contributed by atoms with Crippen LogP contribution in [0.1, 0.15) is 22.3 Å². The topological polar surface area (TPSA) is 87.5 Å². The van der Waals surface area contributed by atoms with Crippen LogP contribution in [-0.2, 0) is 22.3 Å². The van der Waals surface area contributed by atoms with E-state index in [2.05, 4.69) is 15.2 Å². The zero-order valence-corrected chi connectivity index (χ0v) is 16.9. The molecule has 1 N–H and O–H groups in total. The fraction of sp³-hybridized carbons (Fsp3) is 0.474. The fourth-order valence-corrected chi connectivity index (χ4v) is 4.62. The molecule has 0 spiro atoms. The van der Waals surface area contributed by atoms with Crippen LogP contribution in [0, 0.1) is 0 Å². The van der Waals surface area contributed by atoms with Gasteiger partial charge in [0.2, 0.25) is 10.0 Å². The molecule has 0 bridgehead atoms. The largest absolute Gasteiger partial charge is 0.352 e. The minimum absolute atomic E-state index is 0.0382. The minimum atomic E-state index is -3.33. The Hall–Kier alpha value is -2.23. The number of amides is 1. The van der Waals surface area contributed by atoms with Gasteiger partial charge in [-0.15, -0.1) is 0 Å². The van der Waals surface area contributed by atoms with E-state index in [-0.39, 0.29) is 11.7 Å². The van der Waals surface area contributed by atoms with Gasteiger partial charge in [0.15, 0.2) is 0 Å². The molecule has 1 aromatic heterocycles. The second kappa shape index (κ2) is 9.31. The monoisotopic (exact) mass is 405 g/mol. The number of aromatic nitrogens is 2. The van der Waals surface area contributed by atoms with E-state index in [1.165, 1.54) is 0 Å². The smallest absolute Gasteiger partial charge is 0.251 e. The first-order chi connectivity index (χ1) is 13.4. The first-order valence-corrected chi connectivity index (χ1v) is 11.0. The molecule has 1 fully saturated rings. The molecule has 0 saturated carbocycles. The van der Waals surface area contributed by atoms with Crippen LogP contribution in [0.5, 0.6) is 0 Å². The van der Waals surface area contributed by atoms with E-state index in [1.807, 2.05) is 17.8 Å². The average Bonchev–Trinajstić information content (AvgIpc) is 3.19. The number of aryl methyl sites for hydroxylation is 1. The number of imidazole rings is 1. The number of nitrogens with zero attached hydrogens (tertiary/aromatic N) is 4. The highest BCUT2D eigenvalue weighted by Crippen LogP contribution is 2.14. The first-order valence-electron chi connectivity index (χ1n) is 9.43. The normalized spacial score (nSPS) is 16.2. The van der Waals surface area contributed by atoms with Crippen LogP contribution in [-0.4, -0.2) is 72.9 Å². The highest BCUT2D eigenvalue weighted by Gasteiger charge is 2.25. The molecule has 0 atom stereocenters. The lowest BCUT2D eigenvalue weighted by molar-refractivity contribution is 0.0952. The number of likely N-dealkylation sites (N-methyl/N-ethyl adjacent to an activating group) is 1. The number of hydrogen-bond donors (Lipinski definition) is 1. The summed E-state index contributed by atoms with van der Waals surface area (Å²) in [4.78, 5) is 18.3. The number of hydrogen-bond acceptors (Lipinski definition) is 5. The van der Waals surface area contributed by atoms with Crippen LogP contribution < -0.4 is 5.32 Å². The molecule has 1 aromatic carbocycles. The van der Waals surface area contributed by atoms with E-state index in [4.69, 9.17) is 0 Å². The van der Waals surface area contributed by atoms with Crippen LogP contribution in [0.15, 0.2) is 43.0 Å². The summed E-state index contributed by atoms with van der Waals surface area (Å²) in [5.74, 6) is -0.192. The summed E-state index contributed by atoms with van der Waals surface area (Å²) in [6.45, 7) is 3.91. The lowest BCUT2D eigenvalue weighted by Crippen LogP contribution is -2.47. The Bertz CT molecular complexity index is 857. The first kappa shape index (κ1) is 20.5. The summed E-state index contributed by atoms with van der Waals surface area (Å²) in [6.07, 6.45) is 6.17. The number of nitrogens with one attached hydrogen (secondary N) is 1. The van der Waals surface area contributed by atoms with Crippen LogP contribution in [0.25, 0.3) is 0 Å². The van der Waals surface area contributed by atoms with Gasteiger partial charge >= 0.3 is 0 Å². The molecule has 0 aliphatic carbocycles. The van der Waals surface area contributed by atoms with Crippen LogP contribution in [0.4, 0.5) is 0 Å². The van der Waals surface area contributed by atoms with Crippen molar-refractivity contribution in [2.75, 3.05) is 39.8 Å². The predicted molar refractivity (Wildman–Crippen MR) is 107 cm³/mol. The number of sulfonamides is 1. The Morgan fingerprint density at radius 3 is 2.50 bits per heavy atom. The molecule has 0 radical (unpaired) electrons. The van der Waals surface area contributed by atoms with Crippen LogP contribution >= 0.6 is 0 Å². The second-order valence-corrected chi connectivity index (χ2v) is 9.03. The van der Waals surface area contributed by atoms with Crippen molar-refractivity contribution < 1.29 is 13.2 Å². The molecule has 2 heterocycles. The van der Waals surface area contributed by atoms with Crippen LogP contribution in [0.2, 0.25) is 0 Å².